The molecule has 2 nitrogen and oxygen atoms in total. The van der Waals surface area contributed by atoms with Crippen molar-refractivity contribution >= 4 is 5.97 Å². The van der Waals surface area contributed by atoms with Gasteiger partial charge >= 0.3 is 12.1 Å². The van der Waals surface area contributed by atoms with E-state index in [9.17, 15) is 18.0 Å². The van der Waals surface area contributed by atoms with E-state index in [4.69, 9.17) is 5.11 Å². The van der Waals surface area contributed by atoms with Crippen molar-refractivity contribution in [2.75, 3.05) is 0 Å². The van der Waals surface area contributed by atoms with Crippen LogP contribution in [0.15, 0.2) is 0 Å². The Morgan fingerprint density at radius 2 is 1.83 bits per heavy atom. The van der Waals surface area contributed by atoms with E-state index in [1.165, 1.54) is 0 Å². The molecule has 12 heavy (non-hydrogen) atoms. The first kappa shape index (κ1) is 7.89. The van der Waals surface area contributed by atoms with Crippen molar-refractivity contribution in [1.29, 1.82) is 0 Å². The van der Waals surface area contributed by atoms with Crippen LogP contribution in [-0.2, 0) is 4.79 Å². The molecule has 2 rings (SSSR count). The van der Waals surface area contributed by atoms with Crippen LogP contribution < -0.4 is 0 Å². The zero-order valence-corrected chi connectivity index (χ0v) is 6.11. The average molecular weight is 180 g/mol. The lowest BCUT2D eigenvalue weighted by molar-refractivity contribution is -0.207. The van der Waals surface area contributed by atoms with Gasteiger partial charge in [-0.1, -0.05) is 0 Å². The first-order chi connectivity index (χ1) is 5.36. The smallest absolute Gasteiger partial charge is 0.405 e. The predicted octanol–water partition coefficient (Wildman–Crippen LogP) is 1.80. The van der Waals surface area contributed by atoms with Crippen LogP contribution in [-0.4, -0.2) is 17.3 Å². The molecule has 0 aliphatic heterocycles. The van der Waals surface area contributed by atoms with Crippen LogP contribution in [0.4, 0.5) is 13.2 Å². The summed E-state index contributed by atoms with van der Waals surface area (Å²) in [5.74, 6) is -1.70. The first-order valence-corrected chi connectivity index (χ1v) is 3.66. The molecule has 0 heterocycles. The Kier molecular flexibility index (Phi) is 1.07. The Morgan fingerprint density at radius 1 is 1.33 bits per heavy atom. The number of halogens is 3. The second kappa shape index (κ2) is 1.63. The van der Waals surface area contributed by atoms with Gasteiger partial charge in [-0.05, 0) is 24.7 Å². The SMILES string of the molecule is O=C(O)C1(C(F)(F)F)CC12CC2. The number of aliphatic carboxylic acids is 1. The van der Waals surface area contributed by atoms with E-state index in [1.807, 2.05) is 0 Å². The van der Waals surface area contributed by atoms with Gasteiger partial charge in [0.1, 0.15) is 0 Å². The summed E-state index contributed by atoms with van der Waals surface area (Å²) in [5, 5.41) is 8.50. The summed E-state index contributed by atoms with van der Waals surface area (Å²) < 4.78 is 36.9. The van der Waals surface area contributed by atoms with Crippen LogP contribution in [0, 0.1) is 10.8 Å². The highest BCUT2D eigenvalue weighted by atomic mass is 19.4. The maximum absolute atomic E-state index is 12.3. The molecule has 1 N–H and O–H groups in total. The van der Waals surface area contributed by atoms with Crippen molar-refractivity contribution in [3.63, 3.8) is 0 Å². The number of carbonyl (C=O) groups is 1. The molecule has 0 aromatic rings. The van der Waals surface area contributed by atoms with E-state index in [1.54, 1.807) is 0 Å². The molecular weight excluding hydrogens is 173 g/mol. The van der Waals surface area contributed by atoms with E-state index in [2.05, 4.69) is 0 Å². The topological polar surface area (TPSA) is 37.3 Å². The van der Waals surface area contributed by atoms with Gasteiger partial charge < -0.3 is 5.11 Å². The first-order valence-electron chi connectivity index (χ1n) is 3.66. The standard InChI is InChI=1S/C7H7F3O2/c8-7(9,10)6(4(11)12)3-5(6)1-2-5/h1-3H2,(H,11,12). The molecule has 0 aromatic heterocycles. The summed E-state index contributed by atoms with van der Waals surface area (Å²) >= 11 is 0. The molecule has 0 amide bonds. The Labute approximate surface area is 66.4 Å². The molecular formula is C7H7F3O2. The molecule has 1 atom stereocenters. The quantitative estimate of drug-likeness (QED) is 0.668. The van der Waals surface area contributed by atoms with Gasteiger partial charge in [0.15, 0.2) is 5.41 Å². The third kappa shape index (κ3) is 0.607. The molecule has 2 aliphatic carbocycles. The third-order valence-electron chi connectivity index (χ3n) is 3.09. The lowest BCUT2D eigenvalue weighted by Crippen LogP contribution is -2.35. The Morgan fingerprint density at radius 3 is 1.92 bits per heavy atom. The lowest BCUT2D eigenvalue weighted by atomic mass is 10.0. The highest BCUT2D eigenvalue weighted by Gasteiger charge is 2.88. The fourth-order valence-corrected chi connectivity index (χ4v) is 2.04. The minimum absolute atomic E-state index is 0.209. The fraction of sp³-hybridized carbons (Fsp3) is 0.857. The summed E-state index contributed by atoms with van der Waals surface area (Å²) in [6.07, 6.45) is -3.95. The largest absolute Gasteiger partial charge is 0.481 e. The van der Waals surface area contributed by atoms with E-state index in [-0.39, 0.29) is 6.42 Å². The molecule has 0 saturated heterocycles. The van der Waals surface area contributed by atoms with Crippen LogP contribution in [0.3, 0.4) is 0 Å². The highest BCUT2D eigenvalue weighted by Crippen LogP contribution is 2.83. The van der Waals surface area contributed by atoms with Crippen LogP contribution in [0.2, 0.25) is 0 Å². The zero-order valence-electron chi connectivity index (χ0n) is 6.11. The number of carboxylic acid groups (broad SMARTS) is 1. The fourth-order valence-electron chi connectivity index (χ4n) is 2.04. The summed E-state index contributed by atoms with van der Waals surface area (Å²) in [7, 11) is 0. The molecule has 2 fully saturated rings. The third-order valence-corrected chi connectivity index (χ3v) is 3.09. The van der Waals surface area contributed by atoms with Gasteiger partial charge in [0, 0.05) is 0 Å². The Balaban J connectivity index is 2.33. The van der Waals surface area contributed by atoms with Crippen molar-refractivity contribution < 1.29 is 23.1 Å². The average Bonchev–Trinajstić information content (AvgIpc) is 2.70. The second-order valence-electron chi connectivity index (χ2n) is 3.67. The van der Waals surface area contributed by atoms with E-state index in [0.717, 1.165) is 0 Å². The van der Waals surface area contributed by atoms with Crippen molar-refractivity contribution in [1.82, 2.24) is 0 Å². The maximum atomic E-state index is 12.3. The molecule has 2 saturated carbocycles. The molecule has 1 unspecified atom stereocenters. The molecule has 5 heteroatoms. The van der Waals surface area contributed by atoms with Gasteiger partial charge in [0.05, 0.1) is 0 Å². The number of hydrogen-bond acceptors (Lipinski definition) is 1. The van der Waals surface area contributed by atoms with Crippen molar-refractivity contribution in [2.24, 2.45) is 10.8 Å². The molecule has 0 aromatic carbocycles. The normalized spacial score (nSPS) is 36.6. The lowest BCUT2D eigenvalue weighted by Gasteiger charge is -2.15. The van der Waals surface area contributed by atoms with Gasteiger partial charge in [-0.25, -0.2) is 0 Å². The molecule has 68 valence electrons. The summed E-state index contributed by atoms with van der Waals surface area (Å²) in [6, 6.07) is 0. The number of carboxylic acids is 1. The predicted molar refractivity (Wildman–Crippen MR) is 32.4 cm³/mol. The van der Waals surface area contributed by atoms with Gasteiger partial charge in [-0.2, -0.15) is 13.2 Å². The van der Waals surface area contributed by atoms with Gasteiger partial charge in [0.2, 0.25) is 0 Å². The van der Waals surface area contributed by atoms with Crippen molar-refractivity contribution in [2.45, 2.75) is 25.4 Å². The zero-order chi connectivity index (χ0) is 9.20. The van der Waals surface area contributed by atoms with E-state index < -0.39 is 23.0 Å². The van der Waals surface area contributed by atoms with Crippen LogP contribution in [0.5, 0.6) is 0 Å². The Bertz CT molecular complexity index is 254. The minimum atomic E-state index is -4.57. The molecule has 1 spiro atoms. The van der Waals surface area contributed by atoms with Gasteiger partial charge in [-0.3, -0.25) is 4.79 Å². The van der Waals surface area contributed by atoms with Gasteiger partial charge in [-0.15, -0.1) is 0 Å². The minimum Gasteiger partial charge on any atom is -0.481 e. The van der Waals surface area contributed by atoms with Crippen LogP contribution in [0.1, 0.15) is 19.3 Å². The molecule has 0 bridgehead atoms. The Hall–Kier alpha value is -0.740. The van der Waals surface area contributed by atoms with Crippen LogP contribution >= 0.6 is 0 Å². The van der Waals surface area contributed by atoms with E-state index in [0.29, 0.717) is 12.8 Å². The molecule has 2 aliphatic rings. The highest BCUT2D eigenvalue weighted by molar-refractivity contribution is 5.82. The monoisotopic (exact) mass is 180 g/mol. The van der Waals surface area contributed by atoms with Crippen molar-refractivity contribution in [3.05, 3.63) is 0 Å². The number of rotatable bonds is 1. The number of alkyl halides is 3. The van der Waals surface area contributed by atoms with Gasteiger partial charge in [0.25, 0.3) is 0 Å². The van der Waals surface area contributed by atoms with E-state index >= 15 is 0 Å². The second-order valence-corrected chi connectivity index (χ2v) is 3.67. The van der Waals surface area contributed by atoms with Crippen molar-refractivity contribution in [3.8, 4) is 0 Å². The van der Waals surface area contributed by atoms with Crippen LogP contribution in [0.25, 0.3) is 0 Å². The summed E-state index contributed by atoms with van der Waals surface area (Å²) in [4.78, 5) is 10.5. The number of hydrogen-bond donors (Lipinski definition) is 1. The summed E-state index contributed by atoms with van der Waals surface area (Å²) in [6.45, 7) is 0. The maximum Gasteiger partial charge on any atom is 0.405 e. The molecule has 0 radical (unpaired) electrons. The summed E-state index contributed by atoms with van der Waals surface area (Å²) in [5.41, 5.74) is -3.29.